The van der Waals surface area contributed by atoms with Gasteiger partial charge in [-0.15, -0.1) is 5.10 Å². The molecular weight excluding hydrogens is 552 g/mol. The van der Waals surface area contributed by atoms with E-state index in [1.165, 1.54) is 24.8 Å². The number of aromatic amines is 1. The Morgan fingerprint density at radius 1 is 0.955 bits per heavy atom. The fraction of sp³-hybridized carbons (Fsp3) is 0.412. The predicted octanol–water partition coefficient (Wildman–Crippen LogP) is 4.75. The highest BCUT2D eigenvalue weighted by Crippen LogP contribution is 2.55. The van der Waals surface area contributed by atoms with E-state index in [1.807, 2.05) is 29.1 Å². The molecule has 0 saturated heterocycles. The lowest BCUT2D eigenvalue weighted by Crippen LogP contribution is -2.58. The number of anilines is 1. The first kappa shape index (κ1) is 28.5. The lowest BCUT2D eigenvalue weighted by Gasteiger charge is -2.58. The van der Waals surface area contributed by atoms with Gasteiger partial charge in [0.15, 0.2) is 5.65 Å². The van der Waals surface area contributed by atoms with E-state index in [2.05, 4.69) is 61.7 Å². The average molecular weight is 593 g/mol. The minimum Gasteiger partial charge on any atom is -0.508 e. The zero-order chi connectivity index (χ0) is 30.1. The first-order valence-electron chi connectivity index (χ1n) is 15.7. The standard InChI is InChI=1S/C34H40N8O2/c35-30-22-28(31-32(36-30)38-40-37-31)27(29-10-18-42(39-29)23-24-5-4-8-26(44)21-24)9-17-41(19-20-43)34-14-11-33(12-15-34,13-16-34)25-6-2-1-3-7-25/h1-8,10,18,21-22,27,43-44H,9,11-17,19-20,23H2,(H3,35,36,37,38,40). The third-order valence-electron chi connectivity index (χ3n) is 10.3. The van der Waals surface area contributed by atoms with E-state index >= 15 is 0 Å². The molecule has 3 aliphatic rings. The number of hydrogen-bond acceptors (Lipinski definition) is 8. The first-order valence-corrected chi connectivity index (χ1v) is 15.7. The number of pyridine rings is 1. The van der Waals surface area contributed by atoms with Gasteiger partial charge in [-0.05, 0) is 97.9 Å². The molecule has 5 aromatic rings. The number of nitrogens with zero attached hydrogens (tertiary/aromatic N) is 6. The first-order chi connectivity index (χ1) is 21.5. The minimum atomic E-state index is -0.105. The number of hydrogen-bond donors (Lipinski definition) is 4. The van der Waals surface area contributed by atoms with Crippen molar-refractivity contribution in [2.24, 2.45) is 0 Å². The highest BCUT2D eigenvalue weighted by atomic mass is 16.3. The molecule has 2 aromatic carbocycles. The maximum absolute atomic E-state index is 10.2. The molecule has 10 nitrogen and oxygen atoms in total. The average Bonchev–Trinajstić information content (AvgIpc) is 3.72. The molecule has 3 aromatic heterocycles. The number of phenols is 1. The number of phenolic OH excluding ortho intramolecular Hbond substituents is 1. The van der Waals surface area contributed by atoms with Gasteiger partial charge in [-0.2, -0.15) is 5.10 Å². The van der Waals surface area contributed by atoms with E-state index in [0.717, 1.165) is 49.0 Å². The lowest BCUT2D eigenvalue weighted by atomic mass is 9.54. The number of aromatic hydroxyl groups is 1. The Labute approximate surface area is 256 Å². The molecule has 1 unspecified atom stereocenters. The van der Waals surface area contributed by atoms with Crippen molar-refractivity contribution in [1.29, 1.82) is 0 Å². The van der Waals surface area contributed by atoms with Crippen molar-refractivity contribution in [1.82, 2.24) is 35.1 Å². The van der Waals surface area contributed by atoms with Crippen molar-refractivity contribution in [3.63, 3.8) is 0 Å². The van der Waals surface area contributed by atoms with Crippen LogP contribution >= 0.6 is 0 Å². The van der Waals surface area contributed by atoms with E-state index in [4.69, 9.17) is 10.8 Å². The van der Waals surface area contributed by atoms with E-state index < -0.39 is 0 Å². The number of nitrogens with one attached hydrogen (secondary N) is 1. The van der Waals surface area contributed by atoms with E-state index in [0.29, 0.717) is 30.1 Å². The lowest BCUT2D eigenvalue weighted by molar-refractivity contribution is -0.0329. The van der Waals surface area contributed by atoms with E-state index in [9.17, 15) is 10.2 Å². The van der Waals surface area contributed by atoms with Crippen LogP contribution in [0.5, 0.6) is 5.75 Å². The van der Waals surface area contributed by atoms with Gasteiger partial charge in [-0.25, -0.2) is 10.1 Å². The maximum atomic E-state index is 10.2. The summed E-state index contributed by atoms with van der Waals surface area (Å²) in [5, 5.41) is 36.4. The largest absolute Gasteiger partial charge is 0.508 e. The highest BCUT2D eigenvalue weighted by molar-refractivity contribution is 5.77. The summed E-state index contributed by atoms with van der Waals surface area (Å²) in [6, 6.07) is 22.3. The van der Waals surface area contributed by atoms with Crippen molar-refractivity contribution in [2.45, 2.75) is 68.4 Å². The number of aromatic nitrogens is 6. The molecule has 0 amide bonds. The van der Waals surface area contributed by atoms with Gasteiger partial charge < -0.3 is 15.9 Å². The summed E-state index contributed by atoms with van der Waals surface area (Å²) < 4.78 is 1.90. The zero-order valence-corrected chi connectivity index (χ0v) is 24.9. The third-order valence-corrected chi connectivity index (χ3v) is 10.3. The molecule has 0 radical (unpaired) electrons. The van der Waals surface area contributed by atoms with Crippen LogP contribution < -0.4 is 5.73 Å². The Kier molecular flexibility index (Phi) is 7.55. The van der Waals surface area contributed by atoms with Gasteiger partial charge in [-0.1, -0.05) is 47.7 Å². The molecule has 3 heterocycles. The van der Waals surface area contributed by atoms with E-state index in [1.54, 1.807) is 12.1 Å². The topological polar surface area (TPSA) is 142 Å². The van der Waals surface area contributed by atoms with Gasteiger partial charge >= 0.3 is 0 Å². The van der Waals surface area contributed by atoms with Crippen molar-refractivity contribution < 1.29 is 10.2 Å². The van der Waals surface area contributed by atoms with Gasteiger partial charge in [0.25, 0.3) is 0 Å². The van der Waals surface area contributed by atoms with Crippen LogP contribution in [0.25, 0.3) is 11.2 Å². The number of benzene rings is 2. The van der Waals surface area contributed by atoms with Crippen molar-refractivity contribution in [2.75, 3.05) is 25.4 Å². The Bertz CT molecular complexity index is 1710. The Hall–Kier alpha value is -4.28. The molecule has 0 spiro atoms. The van der Waals surface area contributed by atoms with Crippen LogP contribution in [0.15, 0.2) is 72.9 Å². The van der Waals surface area contributed by atoms with Crippen LogP contribution in [0.4, 0.5) is 5.82 Å². The molecule has 2 bridgehead atoms. The number of β-amino-alcohol motifs (C(OH)–C–C–N with tert-alkyl or cyclic N) is 1. The summed E-state index contributed by atoms with van der Waals surface area (Å²) in [5.74, 6) is 0.542. The quantitative estimate of drug-likeness (QED) is 0.172. The van der Waals surface area contributed by atoms with E-state index in [-0.39, 0.29) is 29.2 Å². The maximum Gasteiger partial charge on any atom is 0.178 e. The smallest absolute Gasteiger partial charge is 0.178 e. The summed E-state index contributed by atoms with van der Waals surface area (Å²) in [6.45, 7) is 2.13. The van der Waals surface area contributed by atoms with Gasteiger partial charge in [0.1, 0.15) is 17.1 Å². The van der Waals surface area contributed by atoms with Crippen LogP contribution in [0.1, 0.15) is 73.2 Å². The fourth-order valence-electron chi connectivity index (χ4n) is 7.96. The second-order valence-electron chi connectivity index (χ2n) is 12.7. The van der Waals surface area contributed by atoms with Crippen molar-refractivity contribution >= 4 is 17.0 Å². The molecule has 10 heteroatoms. The molecular formula is C34H40N8O2. The van der Waals surface area contributed by atoms with Crippen LogP contribution in [0.2, 0.25) is 0 Å². The molecule has 5 N–H and O–H groups in total. The van der Waals surface area contributed by atoms with Gasteiger partial charge in [0.05, 0.1) is 18.8 Å². The van der Waals surface area contributed by atoms with Crippen molar-refractivity contribution in [3.05, 3.63) is 95.3 Å². The SMILES string of the molecule is Nc1cc(C(CCN(CCO)C23CCC(c4ccccc4)(CC2)CC3)c2ccn(Cc3cccc(O)c3)n2)c2nn[nH]c2n1. The summed E-state index contributed by atoms with van der Waals surface area (Å²) in [6.07, 6.45) is 9.72. The van der Waals surface area contributed by atoms with Gasteiger partial charge in [-0.3, -0.25) is 9.58 Å². The number of nitrogens with two attached hydrogens (primary N) is 1. The number of rotatable bonds is 11. The fourth-order valence-corrected chi connectivity index (χ4v) is 7.96. The Balaban J connectivity index is 1.16. The van der Waals surface area contributed by atoms with Gasteiger partial charge in [0, 0.05) is 24.2 Å². The molecule has 0 aliphatic heterocycles. The molecule has 8 rings (SSSR count). The highest BCUT2D eigenvalue weighted by Gasteiger charge is 2.51. The predicted molar refractivity (Wildman–Crippen MR) is 169 cm³/mol. The Morgan fingerprint density at radius 2 is 1.75 bits per heavy atom. The summed E-state index contributed by atoms with van der Waals surface area (Å²) >= 11 is 0. The van der Waals surface area contributed by atoms with Crippen LogP contribution in [-0.4, -0.2) is 70.5 Å². The molecule has 3 saturated carbocycles. The Morgan fingerprint density at radius 3 is 2.50 bits per heavy atom. The van der Waals surface area contributed by atoms with Gasteiger partial charge in [0.2, 0.25) is 0 Å². The molecule has 1 atom stereocenters. The number of fused-ring (bicyclic) bond motifs is 4. The normalized spacial score (nSPS) is 22.1. The minimum absolute atomic E-state index is 0.0962. The van der Waals surface area contributed by atoms with Crippen LogP contribution in [0, 0.1) is 0 Å². The molecule has 44 heavy (non-hydrogen) atoms. The zero-order valence-electron chi connectivity index (χ0n) is 24.9. The number of aliphatic hydroxyl groups excluding tert-OH is 1. The summed E-state index contributed by atoms with van der Waals surface area (Å²) in [5.41, 5.74) is 12.2. The number of nitrogen functional groups attached to an aromatic ring is 1. The second-order valence-corrected chi connectivity index (χ2v) is 12.7. The van der Waals surface area contributed by atoms with Crippen LogP contribution in [-0.2, 0) is 12.0 Å². The molecule has 3 aliphatic carbocycles. The monoisotopic (exact) mass is 592 g/mol. The number of aliphatic hydroxyl groups is 1. The summed E-state index contributed by atoms with van der Waals surface area (Å²) in [7, 11) is 0. The summed E-state index contributed by atoms with van der Waals surface area (Å²) in [4.78, 5) is 6.96. The molecule has 228 valence electrons. The van der Waals surface area contributed by atoms with Crippen LogP contribution in [0.3, 0.4) is 0 Å². The third kappa shape index (κ3) is 5.33. The van der Waals surface area contributed by atoms with Crippen molar-refractivity contribution in [3.8, 4) is 5.75 Å². The number of H-pyrrole nitrogens is 1. The molecule has 3 fully saturated rings. The second kappa shape index (κ2) is 11.7.